The second kappa shape index (κ2) is 9.51. The Bertz CT molecular complexity index is 1510. The molecular formula is C29H27NO6. The maximum absolute atomic E-state index is 13.7. The first kappa shape index (κ1) is 23.6. The molecule has 0 aliphatic carbocycles. The third kappa shape index (κ3) is 4.01. The van der Waals surface area contributed by atoms with Gasteiger partial charge in [-0.25, -0.2) is 0 Å². The van der Waals surface area contributed by atoms with Crippen LogP contribution in [-0.2, 0) is 6.61 Å². The van der Waals surface area contributed by atoms with Crippen LogP contribution in [-0.4, -0.2) is 36.2 Å². The Hall–Kier alpha value is -4.10. The number of carbonyl (C=O) groups excluding carboxylic acids is 1. The van der Waals surface area contributed by atoms with E-state index in [0.717, 1.165) is 16.7 Å². The van der Waals surface area contributed by atoms with Crippen molar-refractivity contribution in [3.63, 3.8) is 0 Å². The van der Waals surface area contributed by atoms with Crippen molar-refractivity contribution in [2.45, 2.75) is 26.5 Å². The van der Waals surface area contributed by atoms with Gasteiger partial charge in [0.25, 0.3) is 5.91 Å². The zero-order valence-corrected chi connectivity index (χ0v) is 20.4. The number of hydrogen-bond acceptors (Lipinski definition) is 6. The molecule has 7 heteroatoms. The summed E-state index contributed by atoms with van der Waals surface area (Å²) in [5, 5.41) is 10.1. The summed E-state index contributed by atoms with van der Waals surface area (Å²) in [7, 11) is 1.54. The molecule has 1 amide bonds. The minimum atomic E-state index is -0.724. The van der Waals surface area contributed by atoms with E-state index in [2.05, 4.69) is 0 Å². The largest absolute Gasteiger partial charge is 0.493 e. The van der Waals surface area contributed by atoms with Crippen LogP contribution >= 0.6 is 0 Å². The van der Waals surface area contributed by atoms with Crippen LogP contribution in [0, 0.1) is 13.8 Å². The number of nitrogens with zero attached hydrogens (tertiary/aromatic N) is 1. The Balaban J connectivity index is 1.61. The molecule has 1 N–H and O–H groups in total. The number of hydrogen-bond donors (Lipinski definition) is 1. The molecule has 1 aliphatic heterocycles. The lowest BCUT2D eigenvalue weighted by Gasteiger charge is -2.25. The van der Waals surface area contributed by atoms with Gasteiger partial charge in [0.2, 0.25) is 5.76 Å². The third-order valence-corrected chi connectivity index (χ3v) is 6.48. The Labute approximate surface area is 208 Å². The molecule has 36 heavy (non-hydrogen) atoms. The molecule has 0 fully saturated rings. The first-order valence-electron chi connectivity index (χ1n) is 11.8. The van der Waals surface area contributed by atoms with Crippen LogP contribution in [0.2, 0.25) is 0 Å². The Kier molecular flexibility index (Phi) is 6.24. The van der Waals surface area contributed by atoms with Crippen molar-refractivity contribution < 1.29 is 23.8 Å². The molecule has 0 saturated carbocycles. The first-order chi connectivity index (χ1) is 17.4. The van der Waals surface area contributed by atoms with E-state index in [1.54, 1.807) is 25.3 Å². The lowest BCUT2D eigenvalue weighted by molar-refractivity contribution is 0.0691. The molecule has 1 unspecified atom stereocenters. The highest BCUT2D eigenvalue weighted by atomic mass is 16.5. The van der Waals surface area contributed by atoms with Gasteiger partial charge in [0.15, 0.2) is 16.9 Å². The molecule has 4 aromatic rings. The average Bonchev–Trinajstić information content (AvgIpc) is 3.16. The number of methoxy groups -OCH3 is 1. The molecular weight excluding hydrogens is 458 g/mol. The van der Waals surface area contributed by atoms with Crippen LogP contribution in [0.3, 0.4) is 0 Å². The first-order valence-corrected chi connectivity index (χ1v) is 11.8. The number of rotatable bonds is 7. The molecule has 7 nitrogen and oxygen atoms in total. The summed E-state index contributed by atoms with van der Waals surface area (Å²) < 4.78 is 17.6. The Morgan fingerprint density at radius 1 is 1.00 bits per heavy atom. The summed E-state index contributed by atoms with van der Waals surface area (Å²) in [4.78, 5) is 28.5. The van der Waals surface area contributed by atoms with E-state index < -0.39 is 11.9 Å². The topological polar surface area (TPSA) is 89.2 Å². The molecule has 0 bridgehead atoms. The van der Waals surface area contributed by atoms with Gasteiger partial charge in [-0.05, 0) is 54.3 Å². The van der Waals surface area contributed by atoms with Crippen molar-refractivity contribution in [3.8, 4) is 11.5 Å². The monoisotopic (exact) mass is 485 g/mol. The van der Waals surface area contributed by atoms with E-state index in [0.29, 0.717) is 34.6 Å². The lowest BCUT2D eigenvalue weighted by Crippen LogP contribution is -2.32. The van der Waals surface area contributed by atoms with Gasteiger partial charge in [0, 0.05) is 6.54 Å². The fourth-order valence-electron chi connectivity index (χ4n) is 4.87. The summed E-state index contributed by atoms with van der Waals surface area (Å²) in [6.07, 6.45) is 0. The number of ether oxygens (including phenoxy) is 2. The molecule has 1 aliphatic rings. The number of carbonyl (C=O) groups is 1. The maximum Gasteiger partial charge on any atom is 0.290 e. The van der Waals surface area contributed by atoms with E-state index in [4.69, 9.17) is 13.9 Å². The molecule has 1 atom stereocenters. The molecule has 0 saturated heterocycles. The van der Waals surface area contributed by atoms with Crippen LogP contribution in [0.5, 0.6) is 11.5 Å². The van der Waals surface area contributed by atoms with Crippen LogP contribution in [0.1, 0.15) is 44.4 Å². The normalized spacial score (nSPS) is 14.8. The molecule has 2 heterocycles. The smallest absolute Gasteiger partial charge is 0.290 e. The highest BCUT2D eigenvalue weighted by Gasteiger charge is 2.42. The van der Waals surface area contributed by atoms with Crippen molar-refractivity contribution in [1.82, 2.24) is 4.90 Å². The summed E-state index contributed by atoms with van der Waals surface area (Å²) in [6, 6.07) is 18.1. The number of aliphatic hydroxyl groups excluding tert-OH is 1. The standard InChI is InChI=1S/C29H27NO6/c1-17-13-18(2)27-21(14-17)26(32)24-25(30(11-12-31)29(33)28(24)36-27)20-9-10-22(23(15-20)34-3)35-16-19-7-5-4-6-8-19/h4-10,13-15,25,31H,11-12,16H2,1-3H3. The fourth-order valence-corrected chi connectivity index (χ4v) is 4.87. The van der Waals surface area contributed by atoms with Crippen LogP contribution in [0.25, 0.3) is 11.0 Å². The second-order valence-corrected chi connectivity index (χ2v) is 8.94. The highest BCUT2D eigenvalue weighted by molar-refractivity contribution is 5.99. The summed E-state index contributed by atoms with van der Waals surface area (Å²) >= 11 is 0. The second-order valence-electron chi connectivity index (χ2n) is 8.94. The van der Waals surface area contributed by atoms with E-state index in [1.807, 2.05) is 56.3 Å². The molecule has 3 aromatic carbocycles. The van der Waals surface area contributed by atoms with Gasteiger partial charge in [0.1, 0.15) is 12.2 Å². The molecule has 0 spiro atoms. The molecule has 184 valence electrons. The minimum absolute atomic E-state index is 0.0151. The lowest BCUT2D eigenvalue weighted by atomic mass is 9.97. The number of fused-ring (bicyclic) bond motifs is 2. The molecule has 0 radical (unpaired) electrons. The minimum Gasteiger partial charge on any atom is -0.493 e. The number of β-amino-alcohol motifs (C(OH)–C–C–N with tert-alkyl or cyclic N) is 1. The SMILES string of the molecule is COc1cc(C2c3c(oc4c(C)cc(C)cc4c3=O)C(=O)N2CCO)ccc1OCc1ccccc1. The number of aryl methyl sites for hydroxylation is 2. The number of benzene rings is 3. The number of amides is 1. The fraction of sp³-hybridized carbons (Fsp3) is 0.241. The highest BCUT2D eigenvalue weighted by Crippen LogP contribution is 2.41. The van der Waals surface area contributed by atoms with Gasteiger partial charge in [0.05, 0.1) is 30.7 Å². The van der Waals surface area contributed by atoms with Gasteiger partial charge in [-0.3, -0.25) is 9.59 Å². The van der Waals surface area contributed by atoms with Gasteiger partial charge < -0.3 is 23.9 Å². The Morgan fingerprint density at radius 3 is 2.50 bits per heavy atom. The predicted molar refractivity (Wildman–Crippen MR) is 136 cm³/mol. The van der Waals surface area contributed by atoms with E-state index in [1.165, 1.54) is 4.90 Å². The van der Waals surface area contributed by atoms with Crippen molar-refractivity contribution in [2.75, 3.05) is 20.3 Å². The molecule has 1 aromatic heterocycles. The average molecular weight is 486 g/mol. The van der Waals surface area contributed by atoms with E-state index >= 15 is 0 Å². The van der Waals surface area contributed by atoms with Crippen LogP contribution in [0.15, 0.2) is 69.9 Å². The van der Waals surface area contributed by atoms with Crippen molar-refractivity contribution in [3.05, 3.63) is 104 Å². The zero-order valence-electron chi connectivity index (χ0n) is 20.4. The van der Waals surface area contributed by atoms with Gasteiger partial charge in [-0.1, -0.05) is 42.5 Å². The van der Waals surface area contributed by atoms with Gasteiger partial charge in [-0.2, -0.15) is 0 Å². The van der Waals surface area contributed by atoms with E-state index in [9.17, 15) is 14.7 Å². The van der Waals surface area contributed by atoms with Crippen molar-refractivity contribution >= 4 is 16.9 Å². The van der Waals surface area contributed by atoms with E-state index in [-0.39, 0.29) is 29.9 Å². The van der Waals surface area contributed by atoms with Crippen LogP contribution < -0.4 is 14.9 Å². The number of aliphatic hydroxyl groups is 1. The third-order valence-electron chi connectivity index (χ3n) is 6.48. The summed E-state index contributed by atoms with van der Waals surface area (Å²) in [5.74, 6) is 0.609. The predicted octanol–water partition coefficient (Wildman–Crippen LogP) is 4.53. The summed E-state index contributed by atoms with van der Waals surface area (Å²) in [5.41, 5.74) is 3.83. The Morgan fingerprint density at radius 2 is 1.78 bits per heavy atom. The summed E-state index contributed by atoms with van der Waals surface area (Å²) in [6.45, 7) is 3.94. The van der Waals surface area contributed by atoms with Gasteiger partial charge >= 0.3 is 0 Å². The quantitative estimate of drug-likeness (QED) is 0.414. The zero-order chi connectivity index (χ0) is 25.4. The van der Waals surface area contributed by atoms with Crippen molar-refractivity contribution in [2.24, 2.45) is 0 Å². The maximum atomic E-state index is 13.7. The van der Waals surface area contributed by atoms with Crippen LogP contribution in [0.4, 0.5) is 0 Å². The molecule has 5 rings (SSSR count). The van der Waals surface area contributed by atoms with Crippen molar-refractivity contribution in [1.29, 1.82) is 0 Å². The van der Waals surface area contributed by atoms with Gasteiger partial charge in [-0.15, -0.1) is 0 Å².